The minimum atomic E-state index is -4.40. The van der Waals surface area contributed by atoms with Gasteiger partial charge in [0.05, 0.1) is 13.2 Å². The largest absolute Gasteiger partial charge is 0.472 e. The molecule has 0 spiro atoms. The van der Waals surface area contributed by atoms with Crippen LogP contribution < -0.4 is 5.73 Å². The lowest BCUT2D eigenvalue weighted by Gasteiger charge is -2.19. The fourth-order valence-corrected chi connectivity index (χ4v) is 11.1. The molecule has 0 aliphatic rings. The number of carbonyl (C=O) groups is 2. The first-order valence-corrected chi connectivity index (χ1v) is 37.9. The van der Waals surface area contributed by atoms with Crippen molar-refractivity contribution in [3.63, 3.8) is 0 Å². The highest BCUT2D eigenvalue weighted by Crippen LogP contribution is 2.43. The molecule has 10 heteroatoms. The molecule has 3 N–H and O–H groups in total. The number of phosphoric acid groups is 1. The minimum Gasteiger partial charge on any atom is -0.462 e. The van der Waals surface area contributed by atoms with Gasteiger partial charge in [0.1, 0.15) is 6.61 Å². The van der Waals surface area contributed by atoms with Crippen LogP contribution in [0.3, 0.4) is 0 Å². The molecule has 0 aromatic heterocycles. The van der Waals surface area contributed by atoms with E-state index in [1.165, 1.54) is 212 Å². The Kier molecular flexibility index (Phi) is 69.0. The van der Waals surface area contributed by atoms with Crippen LogP contribution in [0, 0.1) is 0 Å². The molecule has 0 aromatic carbocycles. The highest BCUT2D eigenvalue weighted by molar-refractivity contribution is 7.47. The van der Waals surface area contributed by atoms with Gasteiger partial charge < -0.3 is 20.1 Å². The van der Waals surface area contributed by atoms with Crippen LogP contribution >= 0.6 is 7.82 Å². The molecule has 0 fully saturated rings. The maximum absolute atomic E-state index is 12.8. The molecule has 9 nitrogen and oxygen atoms in total. The number of phosphoric ester groups is 1. The Balaban J connectivity index is 3.85. The molecule has 0 saturated carbocycles. The molecule has 0 bridgehead atoms. The first-order valence-electron chi connectivity index (χ1n) is 36.4. The Morgan fingerprint density at radius 3 is 0.954 bits per heavy atom. The van der Waals surface area contributed by atoms with Crippen molar-refractivity contribution in [3.8, 4) is 0 Å². The third-order valence-electron chi connectivity index (χ3n) is 15.6. The summed E-state index contributed by atoms with van der Waals surface area (Å²) in [5.74, 6) is -0.817. The first kappa shape index (κ1) is 83.7. The summed E-state index contributed by atoms with van der Waals surface area (Å²) in [7, 11) is -4.40. The topological polar surface area (TPSA) is 134 Å². The fraction of sp³-hybridized carbons (Fsp3) is 0.740. The van der Waals surface area contributed by atoms with Gasteiger partial charge in [-0.05, 0) is 103 Å². The summed E-state index contributed by atoms with van der Waals surface area (Å²) in [6, 6.07) is 0. The van der Waals surface area contributed by atoms with E-state index in [2.05, 4.69) is 123 Å². The zero-order chi connectivity index (χ0) is 63.0. The van der Waals surface area contributed by atoms with Crippen molar-refractivity contribution in [2.45, 2.75) is 341 Å². The number of nitrogens with two attached hydrogens (primary N) is 1. The fourth-order valence-electron chi connectivity index (χ4n) is 10.3. The number of esters is 2. The van der Waals surface area contributed by atoms with Crippen molar-refractivity contribution in [2.24, 2.45) is 5.73 Å². The van der Waals surface area contributed by atoms with Crippen molar-refractivity contribution in [1.82, 2.24) is 0 Å². The molecular weight excluding hydrogens is 1100 g/mol. The first-order chi connectivity index (χ1) is 42.8. The molecule has 2 atom stereocenters. The third kappa shape index (κ3) is 71.6. The maximum atomic E-state index is 12.8. The summed E-state index contributed by atoms with van der Waals surface area (Å²) in [4.78, 5) is 35.4. The van der Waals surface area contributed by atoms with Gasteiger partial charge in [0.15, 0.2) is 6.10 Å². The monoisotopic (exact) mass is 1230 g/mol. The Bertz CT molecular complexity index is 1800. The molecule has 0 amide bonds. The lowest BCUT2D eigenvalue weighted by atomic mass is 10.0. The third-order valence-corrected chi connectivity index (χ3v) is 16.6. The Morgan fingerprint density at radius 1 is 0.356 bits per heavy atom. The molecule has 87 heavy (non-hydrogen) atoms. The van der Waals surface area contributed by atoms with Gasteiger partial charge >= 0.3 is 19.8 Å². The second-order valence-electron chi connectivity index (χ2n) is 24.1. The number of unbranched alkanes of at least 4 members (excludes halogenated alkanes) is 37. The van der Waals surface area contributed by atoms with E-state index < -0.39 is 26.5 Å². The van der Waals surface area contributed by atoms with Crippen LogP contribution in [-0.4, -0.2) is 49.3 Å². The summed E-state index contributed by atoms with van der Waals surface area (Å²) < 4.78 is 33.2. The molecule has 0 aliphatic heterocycles. The molecule has 0 aromatic rings. The van der Waals surface area contributed by atoms with Gasteiger partial charge in [-0.3, -0.25) is 18.6 Å². The summed E-state index contributed by atoms with van der Waals surface area (Å²) in [5.41, 5.74) is 5.40. The van der Waals surface area contributed by atoms with Crippen LogP contribution in [0.25, 0.3) is 0 Å². The molecule has 2 unspecified atom stereocenters. The zero-order valence-electron chi connectivity index (χ0n) is 56.5. The highest BCUT2D eigenvalue weighted by Gasteiger charge is 2.26. The van der Waals surface area contributed by atoms with E-state index in [1.54, 1.807) is 0 Å². The number of carbonyl (C=O) groups excluding carboxylic acids is 2. The predicted octanol–water partition coefficient (Wildman–Crippen LogP) is 24.1. The van der Waals surface area contributed by atoms with E-state index in [9.17, 15) is 19.0 Å². The summed E-state index contributed by atoms with van der Waals surface area (Å²) >= 11 is 0. The molecule has 0 rings (SSSR count). The minimum absolute atomic E-state index is 0.0517. The van der Waals surface area contributed by atoms with Crippen molar-refractivity contribution >= 4 is 19.8 Å². The number of allylic oxidation sites excluding steroid dienone is 18. The van der Waals surface area contributed by atoms with Crippen LogP contribution in [0.2, 0.25) is 0 Å². The van der Waals surface area contributed by atoms with Gasteiger partial charge in [-0.25, -0.2) is 4.57 Å². The van der Waals surface area contributed by atoms with Crippen molar-refractivity contribution in [3.05, 3.63) is 109 Å². The molecule has 0 saturated heterocycles. The Labute approximate surface area is 537 Å². The van der Waals surface area contributed by atoms with Crippen molar-refractivity contribution < 1.29 is 37.6 Å². The van der Waals surface area contributed by atoms with Gasteiger partial charge in [0.2, 0.25) is 0 Å². The van der Waals surface area contributed by atoms with Crippen LogP contribution in [0.15, 0.2) is 109 Å². The van der Waals surface area contributed by atoms with Crippen LogP contribution in [0.1, 0.15) is 335 Å². The average Bonchev–Trinajstić information content (AvgIpc) is 3.65. The zero-order valence-corrected chi connectivity index (χ0v) is 57.4. The van der Waals surface area contributed by atoms with Crippen LogP contribution in [-0.2, 0) is 32.7 Å². The average molecular weight is 1230 g/mol. The van der Waals surface area contributed by atoms with Gasteiger partial charge in [-0.15, -0.1) is 0 Å². The predicted molar refractivity (Wildman–Crippen MR) is 376 cm³/mol. The quantitative estimate of drug-likeness (QED) is 0.0264. The molecule has 0 radical (unpaired) electrons. The highest BCUT2D eigenvalue weighted by atomic mass is 31.2. The normalized spacial score (nSPS) is 13.6. The van der Waals surface area contributed by atoms with Crippen molar-refractivity contribution in [1.29, 1.82) is 0 Å². The summed E-state index contributed by atoms with van der Waals surface area (Å²) in [6.07, 6.45) is 99.0. The van der Waals surface area contributed by atoms with Crippen LogP contribution in [0.5, 0.6) is 0 Å². The second-order valence-corrected chi connectivity index (χ2v) is 25.5. The van der Waals surface area contributed by atoms with E-state index in [4.69, 9.17) is 24.3 Å². The molecule has 0 aliphatic carbocycles. The molecule has 502 valence electrons. The van der Waals surface area contributed by atoms with E-state index in [0.717, 1.165) is 89.9 Å². The maximum Gasteiger partial charge on any atom is 0.472 e. The number of ether oxygens (including phenoxy) is 2. The van der Waals surface area contributed by atoms with E-state index >= 15 is 0 Å². The Morgan fingerprint density at radius 2 is 0.632 bits per heavy atom. The summed E-state index contributed by atoms with van der Waals surface area (Å²) in [5, 5.41) is 0. The summed E-state index contributed by atoms with van der Waals surface area (Å²) in [6.45, 7) is 3.67. The lowest BCUT2D eigenvalue weighted by molar-refractivity contribution is -0.161. The smallest absolute Gasteiger partial charge is 0.462 e. The Hall–Kier alpha value is -3.33. The number of hydrogen-bond acceptors (Lipinski definition) is 8. The van der Waals surface area contributed by atoms with Gasteiger partial charge in [-0.1, -0.05) is 329 Å². The molecule has 0 heterocycles. The second kappa shape index (κ2) is 71.7. The number of rotatable bonds is 68. The van der Waals surface area contributed by atoms with Crippen LogP contribution in [0.4, 0.5) is 0 Å². The standard InChI is InChI=1S/C77H136NO8P/c1-3-5-7-9-11-13-15-17-19-21-23-25-27-29-30-31-32-33-34-35-36-37-38-39-40-41-42-43-44-46-48-50-52-54-56-58-60-62-64-66-68-70-77(80)86-75(74-85-87(81,82)84-72-71-78)73-83-76(79)69-67-65-63-61-59-57-55-53-51-49-47-45-28-26-24-22-20-18-16-14-12-10-8-6-4-2/h5,7,11,13,17,19,22-25,29-30,32-33,35-36,38-39,75H,3-4,6,8-10,12,14-16,18,20-21,26-28,31,34,37,40-74,78H2,1-2H3,(H,81,82)/b7-5-,13-11-,19-17-,24-22-,25-23-,30-29-,33-32-,36-35-,39-38-. The van der Waals surface area contributed by atoms with Crippen molar-refractivity contribution in [2.75, 3.05) is 26.4 Å². The van der Waals surface area contributed by atoms with E-state index in [0.29, 0.717) is 6.42 Å². The lowest BCUT2D eigenvalue weighted by Crippen LogP contribution is -2.29. The SMILES string of the molecule is CC/C=C\C/C=C\C/C=C\C/C=C\C/C=C\C/C=C\C/C=C\C/C=C\CCCCCCCCCCCCCCCCCCC(=O)OC(COC(=O)CCCCCCCCCCCCCCC/C=C\CCCCCCCCCC)COP(=O)(O)OCCN. The van der Waals surface area contributed by atoms with Gasteiger partial charge in [0, 0.05) is 19.4 Å². The van der Waals surface area contributed by atoms with E-state index in [1.807, 2.05) is 0 Å². The number of hydrogen-bond donors (Lipinski definition) is 2. The van der Waals surface area contributed by atoms with Gasteiger partial charge in [-0.2, -0.15) is 0 Å². The van der Waals surface area contributed by atoms with E-state index in [-0.39, 0.29) is 38.6 Å². The van der Waals surface area contributed by atoms with Gasteiger partial charge in [0.25, 0.3) is 0 Å². The molecular formula is C77H136NO8P.